The molecule has 0 saturated heterocycles. The zero-order chi connectivity index (χ0) is 17.5. The predicted octanol–water partition coefficient (Wildman–Crippen LogP) is 1.28. The third-order valence-electron chi connectivity index (χ3n) is 3.94. The molecule has 0 unspecified atom stereocenters. The van der Waals surface area contributed by atoms with E-state index in [1.807, 2.05) is 6.07 Å². The lowest BCUT2D eigenvalue weighted by molar-refractivity contribution is 0.0696. The predicted molar refractivity (Wildman–Crippen MR) is 84.2 cm³/mol. The van der Waals surface area contributed by atoms with Crippen LogP contribution in [0.1, 0.15) is 33.6 Å². The van der Waals surface area contributed by atoms with Gasteiger partial charge in [0.25, 0.3) is 10.0 Å². The van der Waals surface area contributed by atoms with Gasteiger partial charge in [-0.2, -0.15) is 10.4 Å². The highest BCUT2D eigenvalue weighted by atomic mass is 32.2. The summed E-state index contributed by atoms with van der Waals surface area (Å²) in [5.74, 6) is -1.16. The number of rotatable bonds is 4. The van der Waals surface area contributed by atoms with Crippen LogP contribution < -0.4 is 4.72 Å². The molecule has 0 amide bonds. The van der Waals surface area contributed by atoms with Crippen molar-refractivity contribution in [1.82, 2.24) is 9.78 Å². The molecule has 1 heterocycles. The lowest BCUT2D eigenvalue weighted by Gasteiger charge is -2.11. The lowest BCUT2D eigenvalue weighted by atomic mass is 10.1. The Bertz CT molecular complexity index is 986. The summed E-state index contributed by atoms with van der Waals surface area (Å²) in [6, 6.07) is 5.91. The summed E-state index contributed by atoms with van der Waals surface area (Å²) in [5.41, 5.74) is 1.53. The number of sulfonamides is 1. The number of nitrogens with zero attached hydrogens (tertiary/aromatic N) is 3. The van der Waals surface area contributed by atoms with E-state index in [0.717, 1.165) is 12.0 Å². The fourth-order valence-corrected chi connectivity index (χ4v) is 4.17. The van der Waals surface area contributed by atoms with Crippen LogP contribution in [0, 0.1) is 11.3 Å². The van der Waals surface area contributed by atoms with Gasteiger partial charge in [0.05, 0.1) is 10.5 Å². The van der Waals surface area contributed by atoms with Crippen LogP contribution in [-0.4, -0.2) is 29.3 Å². The van der Waals surface area contributed by atoms with E-state index in [1.54, 1.807) is 0 Å². The second kappa shape index (κ2) is 5.65. The number of nitrogens with one attached hydrogen (secondary N) is 1. The number of carbonyl (C=O) groups is 1. The molecule has 0 radical (unpaired) electrons. The number of hydrogen-bond donors (Lipinski definition) is 2. The Morgan fingerprint density at radius 2 is 2.12 bits per heavy atom. The average Bonchev–Trinajstić information content (AvgIpc) is 3.11. The Morgan fingerprint density at radius 3 is 2.75 bits per heavy atom. The van der Waals surface area contributed by atoms with Crippen LogP contribution >= 0.6 is 0 Å². The van der Waals surface area contributed by atoms with E-state index in [0.29, 0.717) is 18.4 Å². The normalized spacial score (nSPS) is 13.3. The maximum absolute atomic E-state index is 12.7. The largest absolute Gasteiger partial charge is 0.478 e. The molecule has 0 spiro atoms. The first-order valence-corrected chi connectivity index (χ1v) is 8.66. The molecule has 1 aliphatic rings. The van der Waals surface area contributed by atoms with Gasteiger partial charge < -0.3 is 5.11 Å². The number of hydrogen-bond acceptors (Lipinski definition) is 5. The van der Waals surface area contributed by atoms with Gasteiger partial charge in [-0.25, -0.2) is 13.2 Å². The van der Waals surface area contributed by atoms with Gasteiger partial charge in [0.15, 0.2) is 5.82 Å². The van der Waals surface area contributed by atoms with E-state index in [2.05, 4.69) is 9.82 Å². The lowest BCUT2D eigenvalue weighted by Crippen LogP contribution is -2.16. The molecule has 24 heavy (non-hydrogen) atoms. The van der Waals surface area contributed by atoms with E-state index in [-0.39, 0.29) is 22.0 Å². The third kappa shape index (κ3) is 2.72. The molecule has 124 valence electrons. The molecule has 1 aliphatic carbocycles. The van der Waals surface area contributed by atoms with Gasteiger partial charge in [-0.15, -0.1) is 0 Å². The van der Waals surface area contributed by atoms with Crippen LogP contribution in [0.25, 0.3) is 0 Å². The molecule has 3 rings (SSSR count). The van der Waals surface area contributed by atoms with Crippen LogP contribution in [0.3, 0.4) is 0 Å². The summed E-state index contributed by atoms with van der Waals surface area (Å²) in [6.07, 6.45) is 2.02. The summed E-state index contributed by atoms with van der Waals surface area (Å²) in [4.78, 5) is 11.2. The molecule has 8 nitrogen and oxygen atoms in total. The minimum absolute atomic E-state index is 0.0153. The summed E-state index contributed by atoms with van der Waals surface area (Å²) in [7, 11) is -2.48. The van der Waals surface area contributed by atoms with Crippen molar-refractivity contribution in [2.24, 2.45) is 7.05 Å². The van der Waals surface area contributed by atoms with Crippen molar-refractivity contribution < 1.29 is 18.3 Å². The van der Waals surface area contributed by atoms with Gasteiger partial charge in [-0.3, -0.25) is 9.40 Å². The standard InChI is InChI=1S/C15H14N4O4S/c1-19-11(8-16)7-14(17-19)18-24(22,23)13-6-10(15(20)21)5-9-3-2-4-12(9)13/h5-7H,2-4H2,1H3,(H,17,18)(H,20,21). The van der Waals surface area contributed by atoms with E-state index < -0.39 is 16.0 Å². The average molecular weight is 346 g/mol. The summed E-state index contributed by atoms with van der Waals surface area (Å²) < 4.78 is 29.0. The fourth-order valence-electron chi connectivity index (χ4n) is 2.84. The van der Waals surface area contributed by atoms with Crippen molar-refractivity contribution in [3.05, 3.63) is 40.6 Å². The molecule has 2 aromatic rings. The van der Waals surface area contributed by atoms with Gasteiger partial charge in [0.1, 0.15) is 11.8 Å². The molecule has 1 aromatic heterocycles. The zero-order valence-corrected chi connectivity index (χ0v) is 13.6. The van der Waals surface area contributed by atoms with E-state index in [4.69, 9.17) is 5.26 Å². The monoisotopic (exact) mass is 346 g/mol. The second-order valence-corrected chi connectivity index (χ2v) is 7.18. The molecule has 0 saturated carbocycles. The van der Waals surface area contributed by atoms with Crippen molar-refractivity contribution in [3.63, 3.8) is 0 Å². The maximum atomic E-state index is 12.7. The first-order chi connectivity index (χ1) is 11.3. The van der Waals surface area contributed by atoms with Gasteiger partial charge in [-0.05, 0) is 42.5 Å². The van der Waals surface area contributed by atoms with Crippen molar-refractivity contribution >= 4 is 21.8 Å². The number of carboxylic acid groups (broad SMARTS) is 1. The third-order valence-corrected chi connectivity index (χ3v) is 5.37. The number of benzene rings is 1. The zero-order valence-electron chi connectivity index (χ0n) is 12.8. The van der Waals surface area contributed by atoms with Crippen molar-refractivity contribution in [2.45, 2.75) is 24.2 Å². The van der Waals surface area contributed by atoms with Gasteiger partial charge in [0, 0.05) is 13.1 Å². The number of anilines is 1. The number of aromatic carboxylic acids is 1. The second-order valence-electron chi connectivity index (χ2n) is 5.53. The molecular weight excluding hydrogens is 332 g/mol. The SMILES string of the molecule is Cn1nc(NS(=O)(=O)c2cc(C(=O)O)cc3c2CCC3)cc1C#N. The van der Waals surface area contributed by atoms with Gasteiger partial charge >= 0.3 is 5.97 Å². The number of fused-ring (bicyclic) bond motifs is 1. The maximum Gasteiger partial charge on any atom is 0.335 e. The Labute approximate surface area is 138 Å². The van der Waals surface area contributed by atoms with Crippen molar-refractivity contribution in [2.75, 3.05) is 4.72 Å². The molecule has 0 bridgehead atoms. The minimum Gasteiger partial charge on any atom is -0.478 e. The smallest absolute Gasteiger partial charge is 0.335 e. The topological polar surface area (TPSA) is 125 Å². The molecule has 0 fully saturated rings. The van der Waals surface area contributed by atoms with Crippen molar-refractivity contribution in [1.29, 1.82) is 5.26 Å². The van der Waals surface area contributed by atoms with Gasteiger partial charge in [0.2, 0.25) is 0 Å². The van der Waals surface area contributed by atoms with Crippen molar-refractivity contribution in [3.8, 4) is 6.07 Å². The number of carboxylic acids is 1. The molecule has 9 heteroatoms. The van der Waals surface area contributed by atoms with E-state index in [1.165, 1.54) is 29.9 Å². The number of aromatic nitrogens is 2. The fraction of sp³-hybridized carbons (Fsp3) is 0.267. The van der Waals surface area contributed by atoms with Crippen LogP contribution in [0.4, 0.5) is 5.82 Å². The quantitative estimate of drug-likeness (QED) is 0.859. The number of aryl methyl sites for hydroxylation is 2. The summed E-state index contributed by atoms with van der Waals surface area (Å²) in [6.45, 7) is 0. The highest BCUT2D eigenvalue weighted by Gasteiger charge is 2.27. The molecule has 2 N–H and O–H groups in total. The Kier molecular flexibility index (Phi) is 3.77. The molecule has 1 aromatic carbocycles. The highest BCUT2D eigenvalue weighted by molar-refractivity contribution is 7.92. The van der Waals surface area contributed by atoms with Gasteiger partial charge in [-0.1, -0.05) is 0 Å². The van der Waals surface area contributed by atoms with Crippen LogP contribution in [0.5, 0.6) is 0 Å². The van der Waals surface area contributed by atoms with Crippen LogP contribution in [-0.2, 0) is 29.9 Å². The first kappa shape index (κ1) is 16.0. The van der Waals surface area contributed by atoms with Crippen LogP contribution in [0.2, 0.25) is 0 Å². The summed E-state index contributed by atoms with van der Waals surface area (Å²) >= 11 is 0. The Hall–Kier alpha value is -2.86. The molecular formula is C15H14N4O4S. The van der Waals surface area contributed by atoms with E-state index >= 15 is 0 Å². The Morgan fingerprint density at radius 1 is 1.38 bits per heavy atom. The molecule has 0 aliphatic heterocycles. The molecule has 0 atom stereocenters. The Balaban J connectivity index is 2.06. The summed E-state index contributed by atoms with van der Waals surface area (Å²) in [5, 5.41) is 22.0. The highest BCUT2D eigenvalue weighted by Crippen LogP contribution is 2.31. The van der Waals surface area contributed by atoms with E-state index in [9.17, 15) is 18.3 Å². The van der Waals surface area contributed by atoms with Crippen LogP contribution in [0.15, 0.2) is 23.1 Å². The first-order valence-electron chi connectivity index (χ1n) is 7.18. The minimum atomic E-state index is -4.00. The number of nitriles is 1.